The minimum atomic E-state index is -0.836. The molecule has 2 rings (SSSR count). The highest BCUT2D eigenvalue weighted by Crippen LogP contribution is 2.42. The van der Waals surface area contributed by atoms with Crippen LogP contribution in [0.1, 0.15) is 47.4 Å². The van der Waals surface area contributed by atoms with Crippen LogP contribution in [0, 0.1) is 20.2 Å². The van der Waals surface area contributed by atoms with Crippen molar-refractivity contribution in [3.63, 3.8) is 0 Å². The van der Waals surface area contributed by atoms with Crippen LogP contribution in [0.25, 0.3) is 0 Å². The van der Waals surface area contributed by atoms with Crippen molar-refractivity contribution in [1.29, 1.82) is 0 Å². The van der Waals surface area contributed by atoms with Crippen LogP contribution in [-0.4, -0.2) is 31.6 Å². The molecule has 152 valence electrons. The minimum Gasteiger partial charge on any atom is -0.502 e. The van der Waals surface area contributed by atoms with Crippen LogP contribution in [-0.2, 0) is 0 Å². The zero-order valence-electron chi connectivity index (χ0n) is 15.4. The molecule has 0 amide bonds. The Balaban J connectivity index is 2.74. The summed E-state index contributed by atoms with van der Waals surface area (Å²) in [6, 6.07) is 3.87. The molecule has 0 heterocycles. The smallest absolute Gasteiger partial charge is 0.311 e. The average molecular weight is 420 g/mol. The minimum absolute atomic E-state index is 0.0220. The maximum Gasteiger partial charge on any atom is 0.311 e. The van der Waals surface area contributed by atoms with Crippen LogP contribution < -0.4 is 0 Å². The van der Waals surface area contributed by atoms with Crippen LogP contribution >= 0.6 is 11.8 Å². The van der Waals surface area contributed by atoms with Crippen LogP contribution in [0.3, 0.4) is 0 Å². The fourth-order valence-corrected chi connectivity index (χ4v) is 3.66. The molecule has 0 unspecified atom stereocenters. The molecule has 29 heavy (non-hydrogen) atoms. The Morgan fingerprint density at radius 3 is 1.45 bits per heavy atom. The summed E-state index contributed by atoms with van der Waals surface area (Å²) in [5, 5.41) is 42.0. The molecule has 0 saturated heterocycles. The van der Waals surface area contributed by atoms with Crippen molar-refractivity contribution in [2.24, 2.45) is 0 Å². The number of Topliss-reactive ketones (excluding diaryl/α,β-unsaturated/α-hetero) is 2. The van der Waals surface area contributed by atoms with Gasteiger partial charge in [-0.05, 0) is 12.1 Å². The van der Waals surface area contributed by atoms with Crippen molar-refractivity contribution in [3.05, 3.63) is 55.6 Å². The number of carbonyl (C=O) groups excluding carboxylic acids is 2. The molecule has 0 aliphatic rings. The van der Waals surface area contributed by atoms with Gasteiger partial charge in [0.15, 0.2) is 23.1 Å². The maximum atomic E-state index is 12.3. The van der Waals surface area contributed by atoms with Gasteiger partial charge in [-0.25, -0.2) is 0 Å². The second-order valence-corrected chi connectivity index (χ2v) is 6.93. The lowest BCUT2D eigenvalue weighted by molar-refractivity contribution is -0.386. The molecule has 10 nitrogen and oxygen atoms in total. The molecule has 0 bridgehead atoms. The first-order valence-electron chi connectivity index (χ1n) is 8.37. The third kappa shape index (κ3) is 4.51. The normalized spacial score (nSPS) is 10.6. The summed E-state index contributed by atoms with van der Waals surface area (Å²) >= 11 is 0.736. The first kappa shape index (κ1) is 21.8. The van der Waals surface area contributed by atoms with Gasteiger partial charge in [-0.1, -0.05) is 25.6 Å². The van der Waals surface area contributed by atoms with Crippen LogP contribution in [0.4, 0.5) is 11.4 Å². The SMILES string of the molecule is CCC(=O)c1cc(O)c([N+](=O)[O-])cc1Sc1cc([N+](=O)[O-])c(O)cc1C(=O)CC. The van der Waals surface area contributed by atoms with Gasteiger partial charge in [0.05, 0.1) is 9.85 Å². The molecule has 0 atom stereocenters. The third-order valence-electron chi connectivity index (χ3n) is 4.01. The summed E-state index contributed by atoms with van der Waals surface area (Å²) in [6.07, 6.45) is 0.0859. The molecule has 0 aliphatic carbocycles. The topological polar surface area (TPSA) is 161 Å². The zero-order valence-corrected chi connectivity index (χ0v) is 16.2. The Morgan fingerprint density at radius 1 is 0.828 bits per heavy atom. The Morgan fingerprint density at radius 2 is 1.17 bits per heavy atom. The number of nitrogens with zero attached hydrogens (tertiary/aromatic N) is 2. The molecule has 0 saturated carbocycles. The zero-order chi connectivity index (χ0) is 21.9. The van der Waals surface area contributed by atoms with Gasteiger partial charge in [0.2, 0.25) is 0 Å². The highest BCUT2D eigenvalue weighted by molar-refractivity contribution is 7.99. The van der Waals surface area contributed by atoms with Gasteiger partial charge in [0, 0.05) is 45.9 Å². The van der Waals surface area contributed by atoms with E-state index in [2.05, 4.69) is 0 Å². The summed E-state index contributed by atoms with van der Waals surface area (Å²) < 4.78 is 0. The van der Waals surface area contributed by atoms with E-state index in [-0.39, 0.29) is 33.8 Å². The summed E-state index contributed by atoms with van der Waals surface area (Å²) in [7, 11) is 0. The molecule has 0 fully saturated rings. The largest absolute Gasteiger partial charge is 0.502 e. The van der Waals surface area contributed by atoms with Gasteiger partial charge in [0.25, 0.3) is 0 Å². The van der Waals surface area contributed by atoms with Gasteiger partial charge in [-0.15, -0.1) is 0 Å². The lowest BCUT2D eigenvalue weighted by atomic mass is 10.1. The van der Waals surface area contributed by atoms with E-state index in [0.717, 1.165) is 36.0 Å². The molecule has 2 N–H and O–H groups in total. The van der Waals surface area contributed by atoms with E-state index in [1.807, 2.05) is 0 Å². The number of phenols is 2. The van der Waals surface area contributed by atoms with Crippen LogP contribution in [0.15, 0.2) is 34.1 Å². The second-order valence-electron chi connectivity index (χ2n) is 5.84. The number of nitro benzene ring substituents is 2. The summed E-state index contributed by atoms with van der Waals surface area (Å²) in [5.41, 5.74) is -1.36. The summed E-state index contributed by atoms with van der Waals surface area (Å²) in [4.78, 5) is 45.3. The first-order chi connectivity index (χ1) is 13.6. The van der Waals surface area contributed by atoms with Crippen LogP contribution in [0.5, 0.6) is 11.5 Å². The van der Waals surface area contributed by atoms with Crippen molar-refractivity contribution in [2.75, 3.05) is 0 Å². The quantitative estimate of drug-likeness (QED) is 0.361. The lowest BCUT2D eigenvalue weighted by Gasteiger charge is -2.12. The van der Waals surface area contributed by atoms with Crippen LogP contribution in [0.2, 0.25) is 0 Å². The monoisotopic (exact) mass is 420 g/mol. The van der Waals surface area contributed by atoms with E-state index in [9.17, 15) is 40.0 Å². The van der Waals surface area contributed by atoms with E-state index in [1.165, 1.54) is 0 Å². The predicted octanol–water partition coefficient (Wildman–Crippen LogP) is 4.25. The van der Waals surface area contributed by atoms with Gasteiger partial charge in [-0.2, -0.15) is 0 Å². The predicted molar refractivity (Wildman–Crippen MR) is 103 cm³/mol. The highest BCUT2D eigenvalue weighted by Gasteiger charge is 2.25. The number of phenolic OH excluding ortho intramolecular Hbond substituents is 2. The number of carbonyl (C=O) groups is 2. The lowest BCUT2D eigenvalue weighted by Crippen LogP contribution is -2.03. The number of ketones is 2. The number of rotatable bonds is 8. The summed E-state index contributed by atoms with van der Waals surface area (Å²) in [6.45, 7) is 3.12. The number of hydrogen-bond donors (Lipinski definition) is 2. The Hall–Kier alpha value is -3.47. The molecule has 11 heteroatoms. The number of benzene rings is 2. The van der Waals surface area contributed by atoms with Gasteiger partial charge in [-0.3, -0.25) is 29.8 Å². The third-order valence-corrected chi connectivity index (χ3v) is 5.13. The Bertz CT molecular complexity index is 954. The molecule has 0 spiro atoms. The summed E-state index contributed by atoms with van der Waals surface area (Å²) in [5.74, 6) is -2.24. The average Bonchev–Trinajstić information content (AvgIpc) is 2.68. The van der Waals surface area contributed by atoms with E-state index in [1.54, 1.807) is 13.8 Å². The van der Waals surface area contributed by atoms with Crippen molar-refractivity contribution >= 4 is 34.7 Å². The van der Waals surface area contributed by atoms with Crippen molar-refractivity contribution in [3.8, 4) is 11.5 Å². The highest BCUT2D eigenvalue weighted by atomic mass is 32.2. The van der Waals surface area contributed by atoms with Crippen molar-refractivity contribution in [2.45, 2.75) is 36.5 Å². The van der Waals surface area contributed by atoms with E-state index in [0.29, 0.717) is 0 Å². The molecule has 2 aromatic carbocycles. The van der Waals surface area contributed by atoms with E-state index >= 15 is 0 Å². The molecule has 0 aromatic heterocycles. The number of aromatic hydroxyl groups is 2. The maximum absolute atomic E-state index is 12.3. The van der Waals surface area contributed by atoms with E-state index in [4.69, 9.17) is 0 Å². The molecule has 0 aliphatic heterocycles. The molecule has 2 aromatic rings. The molecular weight excluding hydrogens is 404 g/mol. The number of hydrogen-bond acceptors (Lipinski definition) is 9. The Kier molecular flexibility index (Phi) is 6.54. The van der Waals surface area contributed by atoms with Gasteiger partial charge < -0.3 is 10.2 Å². The molecular formula is C18H16N2O8S. The Labute approximate surface area is 168 Å². The fraction of sp³-hybridized carbons (Fsp3) is 0.222. The van der Waals surface area contributed by atoms with Crippen molar-refractivity contribution < 1.29 is 29.6 Å². The van der Waals surface area contributed by atoms with E-state index < -0.39 is 44.3 Å². The number of nitro groups is 2. The second kappa shape index (κ2) is 8.69. The standard InChI is InChI=1S/C18H16N2O8S/c1-3-13(21)9-5-15(23)11(19(25)26)7-17(9)29-18-8-12(20(27)28)16(24)6-10(18)14(22)4-2/h5-8,23-24H,3-4H2,1-2H3. The molecule has 0 radical (unpaired) electrons. The van der Waals surface area contributed by atoms with Gasteiger partial charge >= 0.3 is 11.4 Å². The van der Waals surface area contributed by atoms with Gasteiger partial charge in [0.1, 0.15) is 0 Å². The fourth-order valence-electron chi connectivity index (χ4n) is 2.51. The first-order valence-corrected chi connectivity index (χ1v) is 9.19. The van der Waals surface area contributed by atoms with Crippen molar-refractivity contribution in [1.82, 2.24) is 0 Å².